The van der Waals surface area contributed by atoms with Gasteiger partial charge in [0, 0.05) is 36.9 Å². The molecule has 5 heterocycles. The van der Waals surface area contributed by atoms with Crippen LogP contribution in [0.3, 0.4) is 0 Å². The van der Waals surface area contributed by atoms with Gasteiger partial charge in [-0.3, -0.25) is 4.68 Å². The number of ether oxygens (including phenoxy) is 1. The molecule has 148 valence electrons. The van der Waals surface area contributed by atoms with Crippen LogP contribution in [0.25, 0.3) is 16.9 Å². The minimum atomic E-state index is 0.371. The van der Waals surface area contributed by atoms with Gasteiger partial charge in [-0.15, -0.1) is 10.2 Å². The predicted octanol–water partition coefficient (Wildman–Crippen LogP) is 3.33. The summed E-state index contributed by atoms with van der Waals surface area (Å²) < 4.78 is 9.83. The summed E-state index contributed by atoms with van der Waals surface area (Å²) in [4.78, 5) is 8.98. The van der Waals surface area contributed by atoms with Crippen molar-refractivity contribution in [2.45, 2.75) is 32.1 Å². The van der Waals surface area contributed by atoms with Crippen LogP contribution in [-0.4, -0.2) is 41.0 Å². The molecule has 0 radical (unpaired) electrons. The first kappa shape index (κ1) is 17.6. The smallest absolute Gasteiger partial charge is 0.228 e. The van der Waals surface area contributed by atoms with Crippen molar-refractivity contribution in [2.75, 3.05) is 11.9 Å². The molecule has 0 bridgehead atoms. The minimum absolute atomic E-state index is 0.371. The van der Waals surface area contributed by atoms with Crippen LogP contribution in [0.1, 0.15) is 37.9 Å². The molecule has 1 aliphatic heterocycles. The van der Waals surface area contributed by atoms with Crippen LogP contribution in [0, 0.1) is 0 Å². The van der Waals surface area contributed by atoms with Gasteiger partial charge in [0.05, 0.1) is 18.5 Å². The lowest BCUT2D eigenvalue weighted by Crippen LogP contribution is -2.04. The van der Waals surface area contributed by atoms with Gasteiger partial charge < -0.3 is 10.1 Å². The van der Waals surface area contributed by atoms with E-state index in [2.05, 4.69) is 37.5 Å². The number of hydrogen-bond donors (Lipinski definition) is 1. The molecule has 29 heavy (non-hydrogen) atoms. The Morgan fingerprint density at radius 3 is 2.97 bits per heavy atom. The van der Waals surface area contributed by atoms with Gasteiger partial charge in [0.25, 0.3) is 0 Å². The third kappa shape index (κ3) is 3.18. The average molecular weight is 390 g/mol. The Hall–Kier alpha value is -3.49. The summed E-state index contributed by atoms with van der Waals surface area (Å²) in [6.07, 6.45) is 6.60. The zero-order valence-electron chi connectivity index (χ0n) is 16.4. The summed E-state index contributed by atoms with van der Waals surface area (Å²) in [5.41, 5.74) is 2.47. The number of hydrogen-bond acceptors (Lipinski definition) is 7. The fraction of sp³-hybridized carbons (Fsp3) is 0.350. The first-order valence-electron chi connectivity index (χ1n) is 9.83. The third-order valence-electron chi connectivity index (χ3n) is 5.23. The van der Waals surface area contributed by atoms with Crippen LogP contribution in [0.2, 0.25) is 0 Å². The van der Waals surface area contributed by atoms with Gasteiger partial charge in [-0.1, -0.05) is 13.3 Å². The second kappa shape index (κ2) is 7.16. The maximum absolute atomic E-state index is 6.06. The molecular formula is C20H22N8O. The standard InChI is InChI=1S/C20H22N8O/c1-3-4-13-7-10-29-18-12-14(11-17-25-26-19(13)28(17)18)15-5-8-21-20(23-15)24-16-6-9-22-27(16)2/h5-6,8-9,11-13H,3-4,7,10H2,1-2H3,(H,21,23,24)/t13-/m0/s1. The summed E-state index contributed by atoms with van der Waals surface area (Å²) in [5, 5.41) is 16.2. The summed E-state index contributed by atoms with van der Waals surface area (Å²) in [7, 11) is 1.86. The van der Waals surface area contributed by atoms with E-state index >= 15 is 0 Å². The number of nitrogens with zero attached hydrogens (tertiary/aromatic N) is 7. The molecule has 0 saturated carbocycles. The van der Waals surface area contributed by atoms with Crippen LogP contribution >= 0.6 is 0 Å². The van der Waals surface area contributed by atoms with Crippen molar-refractivity contribution in [2.24, 2.45) is 7.05 Å². The van der Waals surface area contributed by atoms with E-state index in [-0.39, 0.29) is 0 Å². The van der Waals surface area contributed by atoms with Crippen molar-refractivity contribution in [3.8, 4) is 17.1 Å². The Kier molecular flexibility index (Phi) is 4.34. The van der Waals surface area contributed by atoms with Gasteiger partial charge >= 0.3 is 0 Å². The Morgan fingerprint density at radius 1 is 1.21 bits per heavy atom. The molecule has 4 aromatic heterocycles. The normalized spacial score (nSPS) is 15.9. The number of aryl methyl sites for hydroxylation is 1. The zero-order chi connectivity index (χ0) is 19.8. The quantitative estimate of drug-likeness (QED) is 0.558. The molecule has 4 aromatic rings. The van der Waals surface area contributed by atoms with E-state index in [0.29, 0.717) is 18.5 Å². The molecule has 1 N–H and O–H groups in total. The molecule has 9 heteroatoms. The highest BCUT2D eigenvalue weighted by atomic mass is 16.5. The topological polar surface area (TPSA) is 95.0 Å². The SMILES string of the molecule is CCC[C@H]1CCOc2cc(-c3ccnc(Nc4ccnn4C)n3)cc3nnc1n23. The molecule has 0 fully saturated rings. The fourth-order valence-electron chi connectivity index (χ4n) is 3.77. The maximum atomic E-state index is 6.06. The van der Waals surface area contributed by atoms with Gasteiger partial charge in [-0.25, -0.2) is 14.4 Å². The highest BCUT2D eigenvalue weighted by Gasteiger charge is 2.24. The fourth-order valence-corrected chi connectivity index (χ4v) is 3.77. The van der Waals surface area contributed by atoms with Crippen LogP contribution in [-0.2, 0) is 7.05 Å². The zero-order valence-corrected chi connectivity index (χ0v) is 16.4. The highest BCUT2D eigenvalue weighted by Crippen LogP contribution is 2.33. The van der Waals surface area contributed by atoms with E-state index in [1.807, 2.05) is 35.7 Å². The van der Waals surface area contributed by atoms with E-state index in [1.165, 1.54) is 0 Å². The number of nitrogens with one attached hydrogen (secondary N) is 1. The number of pyridine rings is 1. The second-order valence-corrected chi connectivity index (χ2v) is 7.19. The van der Waals surface area contributed by atoms with Crippen LogP contribution < -0.4 is 10.1 Å². The van der Waals surface area contributed by atoms with E-state index in [4.69, 9.17) is 4.74 Å². The third-order valence-corrected chi connectivity index (χ3v) is 5.23. The van der Waals surface area contributed by atoms with Crippen LogP contribution in [0.5, 0.6) is 5.88 Å². The van der Waals surface area contributed by atoms with E-state index in [0.717, 1.165) is 53.7 Å². The lowest BCUT2D eigenvalue weighted by Gasteiger charge is -2.10. The van der Waals surface area contributed by atoms with E-state index < -0.39 is 0 Å². The molecular weight excluding hydrogens is 368 g/mol. The van der Waals surface area contributed by atoms with Crippen molar-refractivity contribution in [3.05, 3.63) is 42.5 Å². The summed E-state index contributed by atoms with van der Waals surface area (Å²) >= 11 is 0. The van der Waals surface area contributed by atoms with E-state index in [9.17, 15) is 0 Å². The maximum Gasteiger partial charge on any atom is 0.228 e. The molecule has 0 amide bonds. The minimum Gasteiger partial charge on any atom is -0.478 e. The summed E-state index contributed by atoms with van der Waals surface area (Å²) in [6, 6.07) is 7.74. The van der Waals surface area contributed by atoms with Crippen LogP contribution in [0.15, 0.2) is 36.7 Å². The van der Waals surface area contributed by atoms with Gasteiger partial charge in [0.2, 0.25) is 11.8 Å². The molecule has 0 spiro atoms. The molecule has 0 aromatic carbocycles. The van der Waals surface area contributed by atoms with Gasteiger partial charge in [0.15, 0.2) is 5.65 Å². The molecule has 1 aliphatic rings. The number of aromatic nitrogens is 7. The monoisotopic (exact) mass is 390 g/mol. The molecule has 0 saturated heterocycles. The van der Waals surface area contributed by atoms with Crippen molar-refractivity contribution < 1.29 is 4.74 Å². The molecule has 5 rings (SSSR count). The second-order valence-electron chi connectivity index (χ2n) is 7.19. The van der Waals surface area contributed by atoms with Gasteiger partial charge in [-0.2, -0.15) is 5.10 Å². The summed E-state index contributed by atoms with van der Waals surface area (Å²) in [5.74, 6) is 3.44. The van der Waals surface area contributed by atoms with Crippen molar-refractivity contribution in [1.82, 2.24) is 34.3 Å². The van der Waals surface area contributed by atoms with Gasteiger partial charge in [-0.05, 0) is 25.0 Å². The highest BCUT2D eigenvalue weighted by molar-refractivity contribution is 5.67. The van der Waals surface area contributed by atoms with Crippen molar-refractivity contribution in [3.63, 3.8) is 0 Å². The average Bonchev–Trinajstić information content (AvgIpc) is 3.29. The number of rotatable bonds is 5. The Morgan fingerprint density at radius 2 is 2.14 bits per heavy atom. The molecule has 9 nitrogen and oxygen atoms in total. The summed E-state index contributed by atoms with van der Waals surface area (Å²) in [6.45, 7) is 2.86. The van der Waals surface area contributed by atoms with E-state index in [1.54, 1.807) is 17.1 Å². The lowest BCUT2D eigenvalue weighted by atomic mass is 9.99. The first-order chi connectivity index (χ1) is 14.2. The molecule has 1 atom stereocenters. The largest absolute Gasteiger partial charge is 0.478 e. The number of anilines is 2. The Labute approximate surface area is 167 Å². The predicted molar refractivity (Wildman–Crippen MR) is 108 cm³/mol. The molecule has 0 aliphatic carbocycles. The molecule has 0 unspecified atom stereocenters. The first-order valence-corrected chi connectivity index (χ1v) is 9.83. The van der Waals surface area contributed by atoms with Crippen molar-refractivity contribution in [1.29, 1.82) is 0 Å². The Balaban J connectivity index is 1.54. The lowest BCUT2D eigenvalue weighted by molar-refractivity contribution is 0.294. The Bertz CT molecular complexity index is 1160. The van der Waals surface area contributed by atoms with Crippen LogP contribution in [0.4, 0.5) is 11.8 Å². The van der Waals surface area contributed by atoms with Gasteiger partial charge in [0.1, 0.15) is 11.6 Å². The van der Waals surface area contributed by atoms with Crippen molar-refractivity contribution >= 4 is 17.4 Å².